The van der Waals surface area contributed by atoms with Crippen molar-refractivity contribution in [3.63, 3.8) is 0 Å². The Labute approximate surface area is 80.8 Å². The minimum atomic E-state index is -0.328. The van der Waals surface area contributed by atoms with Crippen molar-refractivity contribution in [1.82, 2.24) is 0 Å². The van der Waals surface area contributed by atoms with Gasteiger partial charge in [0, 0.05) is 5.56 Å². The minimum Gasteiger partial charge on any atom is -0.421 e. The fourth-order valence-electron chi connectivity index (χ4n) is 1.32. The van der Waals surface area contributed by atoms with Gasteiger partial charge in [-0.05, 0) is 13.0 Å². The first-order valence-electron chi connectivity index (χ1n) is 3.88. The van der Waals surface area contributed by atoms with E-state index >= 15 is 0 Å². The largest absolute Gasteiger partial charge is 0.421 e. The topological polar surface area (TPSA) is 26.3 Å². The van der Waals surface area contributed by atoms with Gasteiger partial charge in [-0.1, -0.05) is 29.8 Å². The third-order valence-electron chi connectivity index (χ3n) is 1.90. The number of rotatable bonds is 0. The Morgan fingerprint density at radius 3 is 2.54 bits per heavy atom. The number of fused-ring (bicyclic) bond motifs is 1. The Morgan fingerprint density at radius 1 is 1.31 bits per heavy atom. The summed E-state index contributed by atoms with van der Waals surface area (Å²) in [6.45, 7) is 1.70. The highest BCUT2D eigenvalue weighted by Gasteiger charge is 2.26. The predicted molar refractivity (Wildman–Crippen MR) is 50.3 cm³/mol. The lowest BCUT2D eigenvalue weighted by molar-refractivity contribution is 0.0715. The van der Waals surface area contributed by atoms with E-state index in [-0.39, 0.29) is 5.97 Å². The standard InChI is InChI=1S/C10H7ClO2/c1-6(11)9-7-4-2-3-5-8(7)10(12)13-9/h2-5H,1H3/b9-6+. The van der Waals surface area contributed by atoms with Crippen molar-refractivity contribution >= 4 is 23.3 Å². The molecule has 2 rings (SSSR count). The molecule has 0 amide bonds. The molecule has 0 aliphatic carbocycles. The number of cyclic esters (lactones) is 1. The smallest absolute Gasteiger partial charge is 0.344 e. The third kappa shape index (κ3) is 1.23. The van der Waals surface area contributed by atoms with E-state index in [2.05, 4.69) is 0 Å². The molecule has 3 heteroatoms. The molecule has 0 aromatic heterocycles. The van der Waals surface area contributed by atoms with Crippen molar-refractivity contribution in [2.45, 2.75) is 6.92 Å². The summed E-state index contributed by atoms with van der Waals surface area (Å²) in [5.74, 6) is 0.146. The molecule has 2 nitrogen and oxygen atoms in total. The van der Waals surface area contributed by atoms with Crippen LogP contribution in [-0.4, -0.2) is 5.97 Å². The first-order valence-corrected chi connectivity index (χ1v) is 4.26. The number of ether oxygens (including phenoxy) is 1. The van der Waals surface area contributed by atoms with E-state index in [9.17, 15) is 4.79 Å². The number of carbonyl (C=O) groups excluding carboxylic acids is 1. The summed E-state index contributed by atoms with van der Waals surface area (Å²) >= 11 is 5.78. The fourth-order valence-corrected chi connectivity index (χ4v) is 1.46. The predicted octanol–water partition coefficient (Wildman–Crippen LogP) is 2.78. The SMILES string of the molecule is C/C(Cl)=C1\OC(=O)c2ccccc21. The summed E-state index contributed by atoms with van der Waals surface area (Å²) < 4.78 is 5.00. The number of allylic oxidation sites excluding steroid dienone is 1. The Morgan fingerprint density at radius 2 is 1.92 bits per heavy atom. The van der Waals surface area contributed by atoms with Gasteiger partial charge in [0.05, 0.1) is 10.6 Å². The fraction of sp³-hybridized carbons (Fsp3) is 0.100. The van der Waals surface area contributed by atoms with Crippen LogP contribution >= 0.6 is 11.6 Å². The second-order valence-corrected chi connectivity index (χ2v) is 3.36. The van der Waals surface area contributed by atoms with Gasteiger partial charge in [-0.3, -0.25) is 0 Å². The van der Waals surface area contributed by atoms with E-state index in [1.54, 1.807) is 19.1 Å². The van der Waals surface area contributed by atoms with E-state index < -0.39 is 0 Å². The van der Waals surface area contributed by atoms with Gasteiger partial charge in [0.1, 0.15) is 0 Å². The van der Waals surface area contributed by atoms with Gasteiger partial charge in [-0.15, -0.1) is 0 Å². The molecule has 0 radical (unpaired) electrons. The second kappa shape index (κ2) is 2.89. The van der Waals surface area contributed by atoms with Crippen LogP contribution in [0, 0.1) is 0 Å². The number of benzene rings is 1. The van der Waals surface area contributed by atoms with Gasteiger partial charge in [0.25, 0.3) is 0 Å². The van der Waals surface area contributed by atoms with Crippen LogP contribution in [0.1, 0.15) is 22.8 Å². The molecule has 1 heterocycles. The molecule has 13 heavy (non-hydrogen) atoms. The van der Waals surface area contributed by atoms with Crippen LogP contribution in [0.5, 0.6) is 0 Å². The molecule has 0 unspecified atom stereocenters. The van der Waals surface area contributed by atoms with Gasteiger partial charge in [-0.2, -0.15) is 0 Å². The lowest BCUT2D eigenvalue weighted by Gasteiger charge is -1.97. The number of hydrogen-bond donors (Lipinski definition) is 0. The van der Waals surface area contributed by atoms with Crippen LogP contribution in [-0.2, 0) is 4.74 Å². The first-order chi connectivity index (χ1) is 6.20. The van der Waals surface area contributed by atoms with E-state index in [4.69, 9.17) is 16.3 Å². The van der Waals surface area contributed by atoms with Gasteiger partial charge in [0.2, 0.25) is 0 Å². The summed E-state index contributed by atoms with van der Waals surface area (Å²) in [4.78, 5) is 11.3. The molecule has 66 valence electrons. The lowest BCUT2D eigenvalue weighted by atomic mass is 10.1. The molecule has 0 bridgehead atoms. The minimum absolute atomic E-state index is 0.328. The van der Waals surface area contributed by atoms with E-state index in [0.717, 1.165) is 5.56 Å². The molecule has 0 saturated carbocycles. The van der Waals surface area contributed by atoms with Crippen LogP contribution < -0.4 is 0 Å². The van der Waals surface area contributed by atoms with Crippen molar-refractivity contribution in [1.29, 1.82) is 0 Å². The van der Waals surface area contributed by atoms with E-state index in [0.29, 0.717) is 16.4 Å². The van der Waals surface area contributed by atoms with Crippen LogP contribution in [0.25, 0.3) is 5.76 Å². The van der Waals surface area contributed by atoms with Crippen LogP contribution in [0.4, 0.5) is 0 Å². The second-order valence-electron chi connectivity index (χ2n) is 2.80. The number of hydrogen-bond acceptors (Lipinski definition) is 2. The zero-order valence-electron chi connectivity index (χ0n) is 7.00. The average Bonchev–Trinajstić information content (AvgIpc) is 2.45. The highest BCUT2D eigenvalue weighted by molar-refractivity contribution is 6.32. The highest BCUT2D eigenvalue weighted by atomic mass is 35.5. The lowest BCUT2D eigenvalue weighted by Crippen LogP contribution is -1.92. The number of carbonyl (C=O) groups is 1. The molecular formula is C10H7ClO2. The third-order valence-corrected chi connectivity index (χ3v) is 2.07. The summed E-state index contributed by atoms with van der Waals surface area (Å²) in [5.41, 5.74) is 1.36. The summed E-state index contributed by atoms with van der Waals surface area (Å²) in [6.07, 6.45) is 0. The maximum Gasteiger partial charge on any atom is 0.344 e. The molecule has 1 aliphatic rings. The Hall–Kier alpha value is -1.28. The molecule has 0 saturated heterocycles. The summed E-state index contributed by atoms with van der Waals surface area (Å²) in [6, 6.07) is 7.19. The van der Waals surface area contributed by atoms with Crippen LogP contribution in [0.3, 0.4) is 0 Å². The Balaban J connectivity index is 2.67. The maximum atomic E-state index is 11.3. The van der Waals surface area contributed by atoms with Crippen LogP contribution in [0.2, 0.25) is 0 Å². The van der Waals surface area contributed by atoms with E-state index in [1.807, 2.05) is 12.1 Å². The van der Waals surface area contributed by atoms with Crippen molar-refractivity contribution in [3.8, 4) is 0 Å². The zero-order valence-corrected chi connectivity index (χ0v) is 7.76. The first kappa shape index (κ1) is 8.32. The van der Waals surface area contributed by atoms with Crippen LogP contribution in [0.15, 0.2) is 29.3 Å². The Kier molecular flexibility index (Phi) is 1.85. The molecule has 0 atom stereocenters. The molecular weight excluding hydrogens is 188 g/mol. The van der Waals surface area contributed by atoms with E-state index in [1.165, 1.54) is 0 Å². The number of halogens is 1. The normalized spacial score (nSPS) is 18.2. The molecule has 0 spiro atoms. The Bertz CT molecular complexity index is 403. The van der Waals surface area contributed by atoms with Gasteiger partial charge in [0.15, 0.2) is 5.76 Å². The summed E-state index contributed by atoms with van der Waals surface area (Å²) in [5, 5.41) is 0.498. The molecule has 0 fully saturated rings. The monoisotopic (exact) mass is 194 g/mol. The van der Waals surface area contributed by atoms with Gasteiger partial charge < -0.3 is 4.74 Å². The van der Waals surface area contributed by atoms with Gasteiger partial charge in [-0.25, -0.2) is 4.79 Å². The van der Waals surface area contributed by atoms with Crippen molar-refractivity contribution in [2.75, 3.05) is 0 Å². The molecule has 1 aromatic carbocycles. The quantitative estimate of drug-likeness (QED) is 0.594. The van der Waals surface area contributed by atoms with Crippen molar-refractivity contribution in [2.24, 2.45) is 0 Å². The zero-order chi connectivity index (χ0) is 9.42. The highest BCUT2D eigenvalue weighted by Crippen LogP contribution is 2.32. The van der Waals surface area contributed by atoms with Crippen molar-refractivity contribution in [3.05, 3.63) is 40.4 Å². The molecule has 0 N–H and O–H groups in total. The summed E-state index contributed by atoms with van der Waals surface area (Å²) in [7, 11) is 0. The molecule has 1 aromatic rings. The average molecular weight is 195 g/mol. The van der Waals surface area contributed by atoms with Crippen molar-refractivity contribution < 1.29 is 9.53 Å². The molecule has 1 aliphatic heterocycles. The van der Waals surface area contributed by atoms with Gasteiger partial charge >= 0.3 is 5.97 Å². The maximum absolute atomic E-state index is 11.3. The number of esters is 1.